The van der Waals surface area contributed by atoms with Crippen molar-refractivity contribution in [2.75, 3.05) is 45.3 Å². The molecule has 0 bridgehead atoms. The van der Waals surface area contributed by atoms with Gasteiger partial charge >= 0.3 is 6.18 Å². The van der Waals surface area contributed by atoms with Crippen LogP contribution in [-0.2, 0) is 22.6 Å². The first kappa shape index (κ1) is 23.4. The van der Waals surface area contributed by atoms with E-state index in [2.05, 4.69) is 30.3 Å². The molecule has 1 fully saturated rings. The number of aromatic nitrogens is 5. The van der Waals surface area contributed by atoms with Gasteiger partial charge in [-0.3, -0.25) is 4.90 Å². The number of aryl methyl sites for hydroxylation is 2. The number of alkyl halides is 3. The van der Waals surface area contributed by atoms with Gasteiger partial charge in [-0.15, -0.1) is 0 Å². The highest BCUT2D eigenvalue weighted by Gasteiger charge is 2.31. The summed E-state index contributed by atoms with van der Waals surface area (Å²) in [6.45, 7) is 5.59. The van der Waals surface area contributed by atoms with Gasteiger partial charge in [0.15, 0.2) is 17.3 Å². The molecule has 0 spiro atoms. The number of anilines is 1. The highest BCUT2D eigenvalue weighted by Crippen LogP contribution is 2.28. The van der Waals surface area contributed by atoms with Crippen molar-refractivity contribution >= 4 is 17.0 Å². The first-order valence-corrected chi connectivity index (χ1v) is 10.5. The van der Waals surface area contributed by atoms with E-state index in [1.54, 1.807) is 7.11 Å². The van der Waals surface area contributed by atoms with Crippen LogP contribution in [0.3, 0.4) is 0 Å². The molecule has 10 nitrogen and oxygen atoms in total. The van der Waals surface area contributed by atoms with Gasteiger partial charge in [0.2, 0.25) is 0 Å². The first-order valence-electron chi connectivity index (χ1n) is 10.5. The maximum absolute atomic E-state index is 13.1. The van der Waals surface area contributed by atoms with E-state index in [0.29, 0.717) is 51.0 Å². The Hall–Kier alpha value is -2.77. The lowest BCUT2D eigenvalue weighted by Gasteiger charge is -2.32. The van der Waals surface area contributed by atoms with Crippen molar-refractivity contribution in [3.05, 3.63) is 29.2 Å². The summed E-state index contributed by atoms with van der Waals surface area (Å²) in [6, 6.07) is 0. The van der Waals surface area contributed by atoms with E-state index >= 15 is 0 Å². The zero-order chi connectivity index (χ0) is 23.6. The molecule has 180 valence electrons. The van der Waals surface area contributed by atoms with Crippen molar-refractivity contribution < 1.29 is 27.2 Å². The number of hydrogen-bond donors (Lipinski definition) is 1. The maximum Gasteiger partial charge on any atom is 0.406 e. The minimum Gasteiger partial charge on any atom is -0.383 e. The lowest BCUT2D eigenvalue weighted by atomic mass is 10.1. The molecule has 1 unspecified atom stereocenters. The Labute approximate surface area is 188 Å². The third-order valence-electron chi connectivity index (χ3n) is 5.43. The summed E-state index contributed by atoms with van der Waals surface area (Å²) in [5.41, 5.74) is 2.21. The smallest absolute Gasteiger partial charge is 0.383 e. The number of nitrogens with zero attached hydrogens (tertiary/aromatic N) is 6. The van der Waals surface area contributed by atoms with Crippen LogP contribution in [0, 0.1) is 13.8 Å². The highest BCUT2D eigenvalue weighted by molar-refractivity contribution is 5.83. The van der Waals surface area contributed by atoms with Gasteiger partial charge in [0.05, 0.1) is 25.2 Å². The zero-order valence-electron chi connectivity index (χ0n) is 18.6. The van der Waals surface area contributed by atoms with Gasteiger partial charge in [0.25, 0.3) is 0 Å². The number of fused-ring (bicyclic) bond motifs is 1. The standard InChI is InChI=1S/C20H26F3N7O3/c1-12-14(13(2)33-28-12)8-29-5-7-32-15(9-29)17-26-18(24-4-6-31-3)16-19(27-17)30(11-25-16)10-20(21,22)23/h11,15H,4-10H2,1-3H3,(H,24,26,27). The van der Waals surface area contributed by atoms with E-state index in [1.165, 1.54) is 0 Å². The number of nitrogens with one attached hydrogen (secondary N) is 1. The molecule has 33 heavy (non-hydrogen) atoms. The van der Waals surface area contributed by atoms with Crippen LogP contribution in [0.1, 0.15) is 28.9 Å². The molecule has 3 aromatic rings. The Balaban J connectivity index is 1.63. The molecule has 3 aromatic heterocycles. The van der Waals surface area contributed by atoms with Crippen molar-refractivity contribution in [2.45, 2.75) is 39.2 Å². The number of halogens is 3. The van der Waals surface area contributed by atoms with Crippen molar-refractivity contribution in [1.82, 2.24) is 29.6 Å². The molecule has 4 heterocycles. The number of methoxy groups -OCH3 is 1. The SMILES string of the molecule is COCCNc1nc(C2CN(Cc3c(C)noc3C)CCO2)nc2c1ncn2CC(F)(F)F. The Morgan fingerprint density at radius 3 is 2.79 bits per heavy atom. The van der Waals surface area contributed by atoms with E-state index in [4.69, 9.17) is 14.0 Å². The quantitative estimate of drug-likeness (QED) is 0.499. The Morgan fingerprint density at radius 1 is 1.27 bits per heavy atom. The average molecular weight is 469 g/mol. The molecule has 1 aliphatic heterocycles. The molecular formula is C20H26F3N7O3. The van der Waals surface area contributed by atoms with Gasteiger partial charge < -0.3 is 23.9 Å². The van der Waals surface area contributed by atoms with Crippen LogP contribution in [0.5, 0.6) is 0 Å². The summed E-state index contributed by atoms with van der Waals surface area (Å²) >= 11 is 0. The number of morpholine rings is 1. The fourth-order valence-electron chi connectivity index (χ4n) is 3.76. The Kier molecular flexibility index (Phi) is 6.81. The van der Waals surface area contributed by atoms with Gasteiger partial charge in [-0.1, -0.05) is 5.16 Å². The van der Waals surface area contributed by atoms with Gasteiger partial charge in [-0.05, 0) is 13.8 Å². The molecule has 1 atom stereocenters. The second kappa shape index (κ2) is 9.61. The zero-order valence-corrected chi connectivity index (χ0v) is 18.6. The predicted octanol–water partition coefficient (Wildman–Crippen LogP) is 2.63. The van der Waals surface area contributed by atoms with Crippen LogP contribution < -0.4 is 5.32 Å². The van der Waals surface area contributed by atoms with E-state index < -0.39 is 18.8 Å². The maximum atomic E-state index is 13.1. The van der Waals surface area contributed by atoms with Crippen LogP contribution in [0.2, 0.25) is 0 Å². The molecular weight excluding hydrogens is 443 g/mol. The van der Waals surface area contributed by atoms with E-state index in [9.17, 15) is 13.2 Å². The average Bonchev–Trinajstić information content (AvgIpc) is 3.31. The summed E-state index contributed by atoms with van der Waals surface area (Å²) in [7, 11) is 1.56. The lowest BCUT2D eigenvalue weighted by Crippen LogP contribution is -2.38. The second-order valence-corrected chi connectivity index (χ2v) is 7.91. The minimum absolute atomic E-state index is 0.101. The molecule has 0 amide bonds. The van der Waals surface area contributed by atoms with Crippen LogP contribution in [-0.4, -0.2) is 75.7 Å². The molecule has 0 aromatic carbocycles. The van der Waals surface area contributed by atoms with Crippen molar-refractivity contribution in [1.29, 1.82) is 0 Å². The van der Waals surface area contributed by atoms with Gasteiger partial charge in [-0.2, -0.15) is 13.2 Å². The first-order chi connectivity index (χ1) is 15.7. The molecule has 4 rings (SSSR count). The number of hydrogen-bond acceptors (Lipinski definition) is 9. The van der Waals surface area contributed by atoms with Crippen LogP contribution in [0.4, 0.5) is 19.0 Å². The minimum atomic E-state index is -4.41. The fourth-order valence-corrected chi connectivity index (χ4v) is 3.76. The Morgan fingerprint density at radius 2 is 2.09 bits per heavy atom. The summed E-state index contributed by atoms with van der Waals surface area (Å²) in [5.74, 6) is 1.41. The van der Waals surface area contributed by atoms with Crippen LogP contribution >= 0.6 is 0 Å². The van der Waals surface area contributed by atoms with E-state index in [-0.39, 0.29) is 11.2 Å². The number of imidazole rings is 1. The molecule has 0 saturated carbocycles. The predicted molar refractivity (Wildman–Crippen MR) is 112 cm³/mol. The normalized spacial score (nSPS) is 17.7. The van der Waals surface area contributed by atoms with E-state index in [1.807, 2.05) is 13.8 Å². The monoisotopic (exact) mass is 469 g/mol. The van der Waals surface area contributed by atoms with Crippen molar-refractivity contribution in [3.63, 3.8) is 0 Å². The fraction of sp³-hybridized carbons (Fsp3) is 0.600. The summed E-state index contributed by atoms with van der Waals surface area (Å²) < 4.78 is 56.4. The van der Waals surface area contributed by atoms with E-state index in [0.717, 1.165) is 27.9 Å². The summed E-state index contributed by atoms with van der Waals surface area (Å²) in [5, 5.41) is 7.08. The summed E-state index contributed by atoms with van der Waals surface area (Å²) in [6.07, 6.45) is -3.79. The largest absolute Gasteiger partial charge is 0.406 e. The van der Waals surface area contributed by atoms with Crippen molar-refractivity contribution in [3.8, 4) is 0 Å². The summed E-state index contributed by atoms with van der Waals surface area (Å²) in [4.78, 5) is 15.3. The highest BCUT2D eigenvalue weighted by atomic mass is 19.4. The molecule has 0 aliphatic carbocycles. The third-order valence-corrected chi connectivity index (χ3v) is 5.43. The topological polar surface area (TPSA) is 103 Å². The van der Waals surface area contributed by atoms with Crippen LogP contribution in [0.15, 0.2) is 10.9 Å². The van der Waals surface area contributed by atoms with Crippen LogP contribution in [0.25, 0.3) is 11.2 Å². The van der Waals surface area contributed by atoms with Gasteiger partial charge in [0.1, 0.15) is 23.9 Å². The molecule has 0 radical (unpaired) electrons. The molecule has 1 saturated heterocycles. The molecule has 1 N–H and O–H groups in total. The molecule has 1 aliphatic rings. The third kappa shape index (κ3) is 5.42. The van der Waals surface area contributed by atoms with Gasteiger partial charge in [-0.25, -0.2) is 15.0 Å². The Bertz CT molecular complexity index is 1080. The second-order valence-electron chi connectivity index (χ2n) is 7.91. The number of rotatable bonds is 8. The van der Waals surface area contributed by atoms with Gasteiger partial charge in [0, 0.05) is 38.9 Å². The molecule has 13 heteroatoms. The number of ether oxygens (including phenoxy) is 2. The van der Waals surface area contributed by atoms with Crippen molar-refractivity contribution in [2.24, 2.45) is 0 Å². The lowest BCUT2D eigenvalue weighted by molar-refractivity contribution is -0.140.